The van der Waals surface area contributed by atoms with Crippen LogP contribution in [0.25, 0.3) is 0 Å². The Morgan fingerprint density at radius 3 is 2.31 bits per heavy atom. The highest BCUT2D eigenvalue weighted by molar-refractivity contribution is 5.96. The van der Waals surface area contributed by atoms with E-state index < -0.39 is 16.8 Å². The number of ketones is 1. The number of allylic oxidation sites excluding steroid dienone is 3. The van der Waals surface area contributed by atoms with E-state index in [4.69, 9.17) is 4.74 Å². The molecule has 228 valence electrons. The van der Waals surface area contributed by atoms with Crippen molar-refractivity contribution < 1.29 is 24.2 Å². The lowest BCUT2D eigenvalue weighted by molar-refractivity contribution is -0.170. The normalized spacial score (nSPS) is 41.0. The van der Waals surface area contributed by atoms with Crippen LogP contribution in [0.3, 0.4) is 0 Å². The van der Waals surface area contributed by atoms with Gasteiger partial charge in [-0.25, -0.2) is 0 Å². The minimum Gasteiger partial charge on any atom is -0.481 e. The summed E-state index contributed by atoms with van der Waals surface area (Å²) in [7, 11) is 0. The Morgan fingerprint density at radius 1 is 1.00 bits per heavy atom. The van der Waals surface area contributed by atoms with Gasteiger partial charge in [-0.3, -0.25) is 14.4 Å². The monoisotopic (exact) mass is 574 g/mol. The Hall–Kier alpha value is -2.69. The number of benzene rings is 1. The van der Waals surface area contributed by atoms with Crippen molar-refractivity contribution in [3.63, 3.8) is 0 Å². The quantitative estimate of drug-likeness (QED) is 0.262. The van der Waals surface area contributed by atoms with Gasteiger partial charge < -0.3 is 9.84 Å². The highest BCUT2D eigenvalue weighted by Crippen LogP contribution is 2.73. The second-order valence-electron chi connectivity index (χ2n) is 15.6. The fraction of sp³-hybridized carbons (Fsp3) is 0.649. The molecule has 0 radical (unpaired) electrons. The maximum absolute atomic E-state index is 14.4. The van der Waals surface area contributed by atoms with Gasteiger partial charge in [0, 0.05) is 12.3 Å². The number of hydrogen-bond acceptors (Lipinski definition) is 4. The highest BCUT2D eigenvalue weighted by Gasteiger charge is 2.68. The van der Waals surface area contributed by atoms with Crippen molar-refractivity contribution in [2.24, 2.45) is 44.8 Å². The largest absolute Gasteiger partial charge is 0.481 e. The number of esters is 1. The standard InChI is InChI=1S/C37H50O5/c1-24(2)26-13-16-37(7)31(35(26,5)15-14-30(39)40)29(38)21-27-28-22-34(4,18-17-33(28,3)19-20-36(27,37)6)32(41)42-23-25-11-9-8-10-12-25/h8-12,21,26,28,31H,1,13-20,22-23H2,2-7H3,(H,39,40)/t26?,28-,31?,33+,34-,35-,36+,37+/m0/s1. The molecule has 2 unspecified atom stereocenters. The topological polar surface area (TPSA) is 80.7 Å². The summed E-state index contributed by atoms with van der Waals surface area (Å²) < 4.78 is 5.90. The van der Waals surface area contributed by atoms with Crippen molar-refractivity contribution in [2.45, 2.75) is 106 Å². The van der Waals surface area contributed by atoms with E-state index in [2.05, 4.69) is 41.2 Å². The molecular formula is C37H50O5. The maximum Gasteiger partial charge on any atom is 0.312 e. The molecule has 4 aliphatic carbocycles. The molecule has 1 aromatic carbocycles. The third-order valence-corrected chi connectivity index (χ3v) is 13.0. The van der Waals surface area contributed by atoms with E-state index in [1.807, 2.05) is 43.3 Å². The summed E-state index contributed by atoms with van der Waals surface area (Å²) in [4.78, 5) is 39.8. The molecule has 3 saturated carbocycles. The number of hydrogen-bond donors (Lipinski definition) is 1. The Morgan fingerprint density at radius 2 is 1.67 bits per heavy atom. The second-order valence-corrected chi connectivity index (χ2v) is 15.6. The molecule has 0 aromatic heterocycles. The average Bonchev–Trinajstić information content (AvgIpc) is 2.93. The highest BCUT2D eigenvalue weighted by atomic mass is 16.5. The zero-order chi connectivity index (χ0) is 30.7. The van der Waals surface area contributed by atoms with Crippen molar-refractivity contribution >= 4 is 17.7 Å². The molecule has 1 aromatic rings. The molecule has 0 saturated heterocycles. The molecule has 0 spiro atoms. The average molecular weight is 575 g/mol. The lowest BCUT2D eigenvalue weighted by Gasteiger charge is -2.68. The molecule has 0 heterocycles. The molecule has 5 heteroatoms. The number of carbonyl (C=O) groups is 3. The predicted molar refractivity (Wildman–Crippen MR) is 164 cm³/mol. The molecule has 1 N–H and O–H groups in total. The zero-order valence-electron chi connectivity index (χ0n) is 26.6. The Kier molecular flexibility index (Phi) is 7.68. The fourth-order valence-electron chi connectivity index (χ4n) is 10.2. The summed E-state index contributed by atoms with van der Waals surface area (Å²) in [6.45, 7) is 17.9. The van der Waals surface area contributed by atoms with Crippen molar-refractivity contribution in [2.75, 3.05) is 0 Å². The molecule has 0 bridgehead atoms. The zero-order valence-corrected chi connectivity index (χ0v) is 26.6. The minimum atomic E-state index is -0.816. The number of carboxylic acids is 1. The summed E-state index contributed by atoms with van der Waals surface area (Å²) in [6, 6.07) is 9.82. The summed E-state index contributed by atoms with van der Waals surface area (Å²) in [5.74, 6) is -0.830. The third kappa shape index (κ3) is 4.70. The van der Waals surface area contributed by atoms with Gasteiger partial charge in [0.25, 0.3) is 0 Å². The first-order valence-corrected chi connectivity index (χ1v) is 15.9. The number of rotatable bonds is 7. The van der Waals surface area contributed by atoms with Crippen LogP contribution in [0.1, 0.15) is 105 Å². The predicted octanol–water partition coefficient (Wildman–Crippen LogP) is 8.33. The second kappa shape index (κ2) is 10.5. The molecule has 3 fully saturated rings. The smallest absolute Gasteiger partial charge is 0.312 e. The van der Waals surface area contributed by atoms with Crippen LogP contribution in [0.15, 0.2) is 54.1 Å². The van der Waals surface area contributed by atoms with Gasteiger partial charge in [0.05, 0.1) is 5.41 Å². The molecule has 8 atom stereocenters. The van der Waals surface area contributed by atoms with Crippen LogP contribution in [0.2, 0.25) is 0 Å². The summed E-state index contributed by atoms with van der Waals surface area (Å²) in [6.07, 6.45) is 8.81. The Balaban J connectivity index is 1.50. The van der Waals surface area contributed by atoms with Crippen molar-refractivity contribution in [3.8, 4) is 0 Å². The molecule has 5 rings (SSSR count). The van der Waals surface area contributed by atoms with Crippen molar-refractivity contribution in [1.29, 1.82) is 0 Å². The van der Waals surface area contributed by atoms with Crippen molar-refractivity contribution in [1.82, 2.24) is 0 Å². The van der Waals surface area contributed by atoms with Gasteiger partial charge >= 0.3 is 11.9 Å². The number of carbonyl (C=O) groups excluding carboxylic acids is 2. The van der Waals surface area contributed by atoms with Crippen LogP contribution in [0, 0.1) is 44.8 Å². The van der Waals surface area contributed by atoms with Gasteiger partial charge in [-0.15, -0.1) is 0 Å². The van der Waals surface area contributed by atoms with Crippen LogP contribution in [-0.4, -0.2) is 22.8 Å². The van der Waals surface area contributed by atoms with Crippen LogP contribution in [0.4, 0.5) is 0 Å². The lowest BCUT2D eigenvalue weighted by Crippen LogP contribution is -2.63. The van der Waals surface area contributed by atoms with Gasteiger partial charge in [-0.2, -0.15) is 0 Å². The Labute approximate surface area is 252 Å². The minimum absolute atomic E-state index is 0.0373. The van der Waals surface area contributed by atoms with Gasteiger partial charge in [-0.05, 0) is 110 Å². The van der Waals surface area contributed by atoms with Gasteiger partial charge in [0.1, 0.15) is 6.61 Å². The van der Waals surface area contributed by atoms with Crippen molar-refractivity contribution in [3.05, 3.63) is 59.7 Å². The van der Waals surface area contributed by atoms with Crippen LogP contribution in [0.5, 0.6) is 0 Å². The number of aliphatic carboxylic acids is 1. The first kappa shape index (κ1) is 30.8. The number of fused-ring (bicyclic) bond motifs is 5. The molecule has 42 heavy (non-hydrogen) atoms. The maximum atomic E-state index is 14.4. The lowest BCUT2D eigenvalue weighted by atomic mass is 9.35. The van der Waals surface area contributed by atoms with Gasteiger partial charge in [-0.1, -0.05) is 75.8 Å². The van der Waals surface area contributed by atoms with Gasteiger partial charge in [0.2, 0.25) is 0 Å². The molecular weight excluding hydrogens is 524 g/mol. The fourth-order valence-corrected chi connectivity index (χ4v) is 10.2. The third-order valence-electron chi connectivity index (χ3n) is 13.0. The van der Waals surface area contributed by atoms with Crippen LogP contribution >= 0.6 is 0 Å². The SMILES string of the molecule is C=C(C)C1CC[C@]2(C)C(C(=O)C=C3[C@@H]4C[C@@](C)(C(=O)OCc5ccccc5)CC[C@]4(C)CC[C@]32C)[C@@]1(C)CCC(=O)O. The summed E-state index contributed by atoms with van der Waals surface area (Å²) in [5, 5.41) is 9.65. The van der Waals surface area contributed by atoms with Crippen LogP contribution in [-0.2, 0) is 25.7 Å². The first-order valence-electron chi connectivity index (χ1n) is 15.9. The van der Waals surface area contributed by atoms with E-state index >= 15 is 0 Å². The van der Waals surface area contributed by atoms with Gasteiger partial charge in [0.15, 0.2) is 5.78 Å². The van der Waals surface area contributed by atoms with E-state index in [0.717, 1.165) is 49.7 Å². The van der Waals surface area contributed by atoms with Crippen LogP contribution < -0.4 is 0 Å². The van der Waals surface area contributed by atoms with E-state index in [1.54, 1.807) is 0 Å². The first-order chi connectivity index (χ1) is 19.6. The van der Waals surface area contributed by atoms with E-state index in [1.165, 1.54) is 5.57 Å². The summed E-state index contributed by atoms with van der Waals surface area (Å²) >= 11 is 0. The molecule has 0 aliphatic heterocycles. The Bertz CT molecular complexity index is 1310. The molecule has 5 nitrogen and oxygen atoms in total. The van der Waals surface area contributed by atoms with E-state index in [9.17, 15) is 19.5 Å². The number of carboxylic acid groups (broad SMARTS) is 1. The number of ether oxygens (including phenoxy) is 1. The van der Waals surface area contributed by atoms with E-state index in [-0.39, 0.29) is 58.8 Å². The van der Waals surface area contributed by atoms with E-state index in [0.29, 0.717) is 12.8 Å². The summed E-state index contributed by atoms with van der Waals surface area (Å²) in [5.41, 5.74) is 1.73. The molecule has 4 aliphatic rings. The molecule has 0 amide bonds.